The molecule has 1 atom stereocenters. The summed E-state index contributed by atoms with van der Waals surface area (Å²) >= 11 is 0. The van der Waals surface area contributed by atoms with Crippen molar-refractivity contribution in [3.05, 3.63) is 53.1 Å². The molecule has 4 nitrogen and oxygen atoms in total. The molecule has 0 saturated carbocycles. The third kappa shape index (κ3) is 2.40. The monoisotopic (exact) mass is 299 g/mol. The Bertz CT molecular complexity index is 667. The molecule has 0 bridgehead atoms. The molecule has 2 aromatic carbocycles. The van der Waals surface area contributed by atoms with Crippen molar-refractivity contribution in [1.82, 2.24) is 4.90 Å². The van der Waals surface area contributed by atoms with Gasteiger partial charge < -0.3 is 14.6 Å². The zero-order chi connectivity index (χ0) is 15.7. The molecule has 0 saturated heterocycles. The number of methoxy groups -OCH3 is 2. The molecule has 22 heavy (non-hydrogen) atoms. The fourth-order valence-electron chi connectivity index (χ4n) is 3.23. The topological polar surface area (TPSA) is 41.9 Å². The number of likely N-dealkylation sites (N-methyl/N-ethyl adjacent to an activating group) is 1. The fourth-order valence-corrected chi connectivity index (χ4v) is 3.23. The number of fused-ring (bicyclic) bond motifs is 1. The summed E-state index contributed by atoms with van der Waals surface area (Å²) in [6, 6.07) is 11.6. The molecule has 116 valence electrons. The highest BCUT2D eigenvalue weighted by Gasteiger charge is 2.31. The Balaban J connectivity index is 2.18. The van der Waals surface area contributed by atoms with E-state index in [1.165, 1.54) is 5.56 Å². The largest absolute Gasteiger partial charge is 0.508 e. The second-order valence-corrected chi connectivity index (χ2v) is 5.60. The average Bonchev–Trinajstić information content (AvgIpc) is 2.54. The summed E-state index contributed by atoms with van der Waals surface area (Å²) in [5, 5.41) is 9.54. The molecule has 1 N–H and O–H groups in total. The maximum atomic E-state index is 9.54. The van der Waals surface area contributed by atoms with Crippen molar-refractivity contribution >= 4 is 0 Å². The van der Waals surface area contributed by atoms with E-state index in [0.29, 0.717) is 0 Å². The highest BCUT2D eigenvalue weighted by molar-refractivity contribution is 5.56. The lowest BCUT2D eigenvalue weighted by Crippen LogP contribution is -2.33. The molecule has 0 aliphatic carbocycles. The second kappa shape index (κ2) is 5.89. The molecule has 1 aliphatic heterocycles. The van der Waals surface area contributed by atoms with Crippen LogP contribution >= 0.6 is 0 Å². The number of ether oxygens (including phenoxy) is 2. The minimum atomic E-state index is 0.0920. The molecule has 0 spiro atoms. The predicted molar refractivity (Wildman–Crippen MR) is 85.8 cm³/mol. The standard InChI is InChI=1S/C18H21NO3/c1-19-11-10-12-6-9-15(21-2)18(22-3)16(12)17(19)13-4-7-14(20)8-5-13/h4-9,17,20H,10-11H2,1-3H3. The number of phenolic OH excluding ortho intramolecular Hbond substituents is 1. The van der Waals surface area contributed by atoms with Crippen LogP contribution in [0.3, 0.4) is 0 Å². The SMILES string of the molecule is COc1ccc2c(c1OC)C(c1ccc(O)cc1)N(C)CC2. The van der Waals surface area contributed by atoms with Crippen LogP contribution in [-0.4, -0.2) is 37.8 Å². The van der Waals surface area contributed by atoms with Crippen LogP contribution in [0.1, 0.15) is 22.7 Å². The van der Waals surface area contributed by atoms with Gasteiger partial charge in [-0.25, -0.2) is 0 Å². The third-order valence-corrected chi connectivity index (χ3v) is 4.33. The first-order valence-electron chi connectivity index (χ1n) is 7.38. The van der Waals surface area contributed by atoms with Crippen LogP contribution < -0.4 is 9.47 Å². The van der Waals surface area contributed by atoms with Gasteiger partial charge in [0.15, 0.2) is 11.5 Å². The highest BCUT2D eigenvalue weighted by atomic mass is 16.5. The van der Waals surface area contributed by atoms with Gasteiger partial charge in [-0.2, -0.15) is 0 Å². The van der Waals surface area contributed by atoms with Gasteiger partial charge in [0.2, 0.25) is 0 Å². The van der Waals surface area contributed by atoms with E-state index in [0.717, 1.165) is 35.6 Å². The highest BCUT2D eigenvalue weighted by Crippen LogP contribution is 2.44. The number of rotatable bonds is 3. The molecule has 1 aliphatic rings. The summed E-state index contributed by atoms with van der Waals surface area (Å²) in [6.07, 6.45) is 0.987. The van der Waals surface area contributed by atoms with Crippen molar-refractivity contribution in [2.75, 3.05) is 27.8 Å². The van der Waals surface area contributed by atoms with E-state index in [1.54, 1.807) is 26.4 Å². The van der Waals surface area contributed by atoms with E-state index in [-0.39, 0.29) is 11.8 Å². The van der Waals surface area contributed by atoms with Gasteiger partial charge in [0.05, 0.1) is 20.3 Å². The molecular weight excluding hydrogens is 278 g/mol. The maximum Gasteiger partial charge on any atom is 0.166 e. The van der Waals surface area contributed by atoms with Gasteiger partial charge in [0.25, 0.3) is 0 Å². The normalized spacial score (nSPS) is 17.9. The quantitative estimate of drug-likeness (QED) is 0.946. The smallest absolute Gasteiger partial charge is 0.166 e. The minimum absolute atomic E-state index is 0.0920. The van der Waals surface area contributed by atoms with Crippen molar-refractivity contribution in [3.8, 4) is 17.2 Å². The molecule has 0 aromatic heterocycles. The Labute approximate surface area is 130 Å². The van der Waals surface area contributed by atoms with Crippen molar-refractivity contribution in [1.29, 1.82) is 0 Å². The number of benzene rings is 2. The molecule has 1 heterocycles. The summed E-state index contributed by atoms with van der Waals surface area (Å²) in [4.78, 5) is 2.30. The number of aromatic hydroxyl groups is 1. The van der Waals surface area contributed by atoms with Gasteiger partial charge in [-0.3, -0.25) is 4.90 Å². The van der Waals surface area contributed by atoms with Gasteiger partial charge in [-0.15, -0.1) is 0 Å². The number of hydrogen-bond acceptors (Lipinski definition) is 4. The molecule has 4 heteroatoms. The van der Waals surface area contributed by atoms with E-state index in [2.05, 4.69) is 18.0 Å². The van der Waals surface area contributed by atoms with E-state index in [9.17, 15) is 5.11 Å². The molecule has 0 amide bonds. The Morgan fingerprint density at radius 1 is 1.05 bits per heavy atom. The maximum absolute atomic E-state index is 9.54. The Hall–Kier alpha value is -2.20. The van der Waals surface area contributed by atoms with Crippen molar-refractivity contribution in [3.63, 3.8) is 0 Å². The lowest BCUT2D eigenvalue weighted by atomic mass is 9.87. The van der Waals surface area contributed by atoms with Crippen LogP contribution in [0.4, 0.5) is 0 Å². The molecule has 0 radical (unpaired) electrons. The van der Waals surface area contributed by atoms with Crippen molar-refractivity contribution in [2.24, 2.45) is 0 Å². The van der Waals surface area contributed by atoms with Crippen LogP contribution in [0.2, 0.25) is 0 Å². The van der Waals surface area contributed by atoms with Crippen LogP contribution in [0.25, 0.3) is 0 Å². The molecule has 1 unspecified atom stereocenters. The van der Waals surface area contributed by atoms with Crippen LogP contribution in [0, 0.1) is 0 Å². The zero-order valence-electron chi connectivity index (χ0n) is 13.2. The summed E-state index contributed by atoms with van der Waals surface area (Å²) in [5.74, 6) is 1.82. The summed E-state index contributed by atoms with van der Waals surface area (Å²) in [6.45, 7) is 0.980. The predicted octanol–water partition coefficient (Wildman–Crippen LogP) is 2.99. The van der Waals surface area contributed by atoms with Gasteiger partial charge in [0.1, 0.15) is 5.75 Å². The van der Waals surface area contributed by atoms with Gasteiger partial charge >= 0.3 is 0 Å². The van der Waals surface area contributed by atoms with Gasteiger partial charge in [0, 0.05) is 12.1 Å². The first-order valence-corrected chi connectivity index (χ1v) is 7.38. The average molecular weight is 299 g/mol. The van der Waals surface area contributed by atoms with E-state index >= 15 is 0 Å². The fraction of sp³-hybridized carbons (Fsp3) is 0.333. The summed E-state index contributed by atoms with van der Waals surface area (Å²) < 4.78 is 11.1. The second-order valence-electron chi connectivity index (χ2n) is 5.60. The van der Waals surface area contributed by atoms with Crippen molar-refractivity contribution in [2.45, 2.75) is 12.5 Å². The van der Waals surface area contributed by atoms with Gasteiger partial charge in [-0.1, -0.05) is 18.2 Å². The number of hydrogen-bond donors (Lipinski definition) is 1. The third-order valence-electron chi connectivity index (χ3n) is 4.33. The van der Waals surface area contributed by atoms with Crippen LogP contribution in [0.15, 0.2) is 36.4 Å². The van der Waals surface area contributed by atoms with E-state index < -0.39 is 0 Å². The Morgan fingerprint density at radius 2 is 1.77 bits per heavy atom. The zero-order valence-corrected chi connectivity index (χ0v) is 13.2. The number of nitrogens with zero attached hydrogens (tertiary/aromatic N) is 1. The molecule has 0 fully saturated rings. The Morgan fingerprint density at radius 3 is 2.41 bits per heavy atom. The Kier molecular flexibility index (Phi) is 3.94. The first-order chi connectivity index (χ1) is 10.7. The lowest BCUT2D eigenvalue weighted by molar-refractivity contribution is 0.253. The van der Waals surface area contributed by atoms with E-state index in [1.807, 2.05) is 18.2 Å². The van der Waals surface area contributed by atoms with Crippen molar-refractivity contribution < 1.29 is 14.6 Å². The van der Waals surface area contributed by atoms with Crippen LogP contribution in [-0.2, 0) is 6.42 Å². The first kappa shape index (κ1) is 14.7. The van der Waals surface area contributed by atoms with E-state index in [4.69, 9.17) is 9.47 Å². The van der Waals surface area contributed by atoms with Crippen LogP contribution in [0.5, 0.6) is 17.2 Å². The minimum Gasteiger partial charge on any atom is -0.508 e. The number of phenols is 1. The molecular formula is C18H21NO3. The molecule has 3 rings (SSSR count). The molecule has 2 aromatic rings. The summed E-state index contributed by atoms with van der Waals surface area (Å²) in [7, 11) is 5.45. The van der Waals surface area contributed by atoms with Gasteiger partial charge in [-0.05, 0) is 42.8 Å². The lowest BCUT2D eigenvalue weighted by Gasteiger charge is -2.36. The summed E-state index contributed by atoms with van der Waals surface area (Å²) in [5.41, 5.74) is 3.57.